The molecule has 0 bridgehead atoms. The highest BCUT2D eigenvalue weighted by molar-refractivity contribution is 5.76. The molecule has 1 aliphatic rings. The van der Waals surface area contributed by atoms with Crippen LogP contribution >= 0.6 is 0 Å². The van der Waals surface area contributed by atoms with Crippen molar-refractivity contribution in [2.45, 2.75) is 26.2 Å². The van der Waals surface area contributed by atoms with Gasteiger partial charge in [0.1, 0.15) is 5.82 Å². The minimum absolute atomic E-state index is 0.0940. The van der Waals surface area contributed by atoms with E-state index in [0.717, 1.165) is 13.1 Å². The number of imidazole rings is 1. The van der Waals surface area contributed by atoms with Crippen molar-refractivity contribution in [1.29, 1.82) is 0 Å². The first-order valence-corrected chi connectivity index (χ1v) is 9.34. The maximum Gasteiger partial charge on any atom is 0.278 e. The molecule has 0 saturated carbocycles. The Bertz CT molecular complexity index is 1070. The molecule has 3 aromatic rings. The van der Waals surface area contributed by atoms with E-state index in [1.807, 2.05) is 11.8 Å². The van der Waals surface area contributed by atoms with Gasteiger partial charge in [-0.25, -0.2) is 19.3 Å². The highest BCUT2D eigenvalue weighted by atomic mass is 19.1. The molecule has 9 nitrogen and oxygen atoms in total. The van der Waals surface area contributed by atoms with Gasteiger partial charge in [0.15, 0.2) is 17.0 Å². The Balaban J connectivity index is 0.000000224. The minimum atomic E-state index is -0.598. The van der Waals surface area contributed by atoms with E-state index in [1.54, 1.807) is 11.6 Å². The number of likely N-dealkylation sites (tertiary alicyclic amines) is 1. The number of ether oxygens (including phenoxy) is 1. The summed E-state index contributed by atoms with van der Waals surface area (Å²) in [5, 5.41) is 0. The third-order valence-electron chi connectivity index (χ3n) is 4.68. The average Bonchev–Trinajstić information content (AvgIpc) is 3.37. The van der Waals surface area contributed by atoms with Crippen molar-refractivity contribution >= 4 is 17.1 Å². The SMILES string of the molecule is CCC(=O)N1CCCC1.COc1ncc(-c2nc3c(=O)[nH]cnc3n2C)cc1F. The van der Waals surface area contributed by atoms with E-state index in [0.29, 0.717) is 29.4 Å². The Labute approximate surface area is 166 Å². The summed E-state index contributed by atoms with van der Waals surface area (Å²) in [5.74, 6) is 0.0214. The molecular formula is C19H23FN6O3. The third kappa shape index (κ3) is 4.25. The van der Waals surface area contributed by atoms with Crippen molar-refractivity contribution in [3.05, 3.63) is 34.8 Å². The summed E-state index contributed by atoms with van der Waals surface area (Å²) in [6.45, 7) is 3.90. The standard InChI is InChI=1S/C12H10FN5O2.C7H13NO/c1-18-9(6-3-7(13)12(20-2)14-4-6)17-8-10(18)15-5-16-11(8)19;1-2-7(9)8-5-3-4-6-8/h3-5H,1-2H3,(H,15,16,19);2-6H2,1H3. The molecule has 0 atom stereocenters. The molecule has 0 aromatic carbocycles. The topological polar surface area (TPSA) is 106 Å². The predicted octanol–water partition coefficient (Wildman–Crippen LogP) is 1.89. The number of halogens is 1. The molecule has 1 aliphatic heterocycles. The second-order valence-corrected chi connectivity index (χ2v) is 6.55. The number of aromatic nitrogens is 5. The van der Waals surface area contributed by atoms with Gasteiger partial charge in [0, 0.05) is 38.3 Å². The second-order valence-electron chi connectivity index (χ2n) is 6.55. The van der Waals surface area contributed by atoms with Crippen molar-refractivity contribution in [3.63, 3.8) is 0 Å². The van der Waals surface area contributed by atoms with E-state index < -0.39 is 5.82 Å². The maximum atomic E-state index is 13.7. The molecule has 0 radical (unpaired) electrons. The van der Waals surface area contributed by atoms with Crippen LogP contribution in [0.2, 0.25) is 0 Å². The van der Waals surface area contributed by atoms with Crippen molar-refractivity contribution in [2.75, 3.05) is 20.2 Å². The summed E-state index contributed by atoms with van der Waals surface area (Å²) >= 11 is 0. The molecule has 1 saturated heterocycles. The number of aryl methyl sites for hydroxylation is 1. The first kappa shape index (κ1) is 20.4. The highest BCUT2D eigenvalue weighted by Gasteiger charge is 2.16. The summed E-state index contributed by atoms with van der Waals surface area (Å²) in [7, 11) is 3.03. The lowest BCUT2D eigenvalue weighted by molar-refractivity contribution is -0.129. The summed E-state index contributed by atoms with van der Waals surface area (Å²) in [6.07, 6.45) is 5.79. The Hall–Kier alpha value is -3.30. The summed E-state index contributed by atoms with van der Waals surface area (Å²) in [5.41, 5.74) is 0.697. The lowest BCUT2D eigenvalue weighted by Gasteiger charge is -2.12. The second kappa shape index (κ2) is 8.80. The van der Waals surface area contributed by atoms with Gasteiger partial charge in [0.05, 0.1) is 13.4 Å². The molecule has 0 unspecified atom stereocenters. The molecule has 29 heavy (non-hydrogen) atoms. The van der Waals surface area contributed by atoms with E-state index in [2.05, 4.69) is 19.9 Å². The number of hydrogen-bond donors (Lipinski definition) is 1. The molecule has 4 rings (SSSR count). The Morgan fingerprint density at radius 2 is 2.03 bits per heavy atom. The smallest absolute Gasteiger partial charge is 0.278 e. The van der Waals surface area contributed by atoms with E-state index >= 15 is 0 Å². The fourth-order valence-corrected chi connectivity index (χ4v) is 3.16. The third-order valence-corrected chi connectivity index (χ3v) is 4.68. The van der Waals surface area contributed by atoms with E-state index in [9.17, 15) is 14.0 Å². The van der Waals surface area contributed by atoms with Crippen LogP contribution in [0.4, 0.5) is 4.39 Å². The van der Waals surface area contributed by atoms with Gasteiger partial charge in [-0.2, -0.15) is 0 Å². The monoisotopic (exact) mass is 402 g/mol. The molecule has 1 N–H and O–H groups in total. The van der Waals surface area contributed by atoms with E-state index in [4.69, 9.17) is 4.74 Å². The van der Waals surface area contributed by atoms with Gasteiger partial charge in [0.25, 0.3) is 5.56 Å². The van der Waals surface area contributed by atoms with E-state index in [-0.39, 0.29) is 17.0 Å². The zero-order chi connectivity index (χ0) is 21.0. The Morgan fingerprint density at radius 3 is 2.62 bits per heavy atom. The molecule has 4 heterocycles. The van der Waals surface area contributed by atoms with Crippen LogP contribution in [-0.2, 0) is 11.8 Å². The van der Waals surface area contributed by atoms with Crippen LogP contribution in [0.15, 0.2) is 23.4 Å². The number of fused-ring (bicyclic) bond motifs is 1. The summed E-state index contributed by atoms with van der Waals surface area (Å²) in [4.78, 5) is 39.1. The lowest BCUT2D eigenvalue weighted by atomic mass is 10.2. The number of aromatic amines is 1. The highest BCUT2D eigenvalue weighted by Crippen LogP contribution is 2.23. The molecular weight excluding hydrogens is 379 g/mol. The average molecular weight is 402 g/mol. The Kier molecular flexibility index (Phi) is 6.20. The van der Waals surface area contributed by atoms with Crippen molar-refractivity contribution in [2.24, 2.45) is 7.05 Å². The summed E-state index contributed by atoms with van der Waals surface area (Å²) < 4.78 is 20.1. The van der Waals surface area contributed by atoms with Crippen LogP contribution in [0, 0.1) is 5.82 Å². The zero-order valence-corrected chi connectivity index (χ0v) is 16.6. The number of H-pyrrole nitrogens is 1. The maximum absolute atomic E-state index is 13.7. The molecule has 1 amide bonds. The number of hydrogen-bond acceptors (Lipinski definition) is 6. The van der Waals surface area contributed by atoms with Crippen molar-refractivity contribution in [3.8, 4) is 17.3 Å². The zero-order valence-electron chi connectivity index (χ0n) is 16.6. The van der Waals surface area contributed by atoms with Crippen LogP contribution in [-0.4, -0.2) is 55.5 Å². The number of carbonyl (C=O) groups excluding carboxylic acids is 1. The molecule has 0 aliphatic carbocycles. The summed E-state index contributed by atoms with van der Waals surface area (Å²) in [6, 6.07) is 1.25. The number of pyridine rings is 1. The van der Waals surface area contributed by atoms with Gasteiger partial charge in [0.2, 0.25) is 11.8 Å². The predicted molar refractivity (Wildman–Crippen MR) is 105 cm³/mol. The molecule has 10 heteroatoms. The van der Waals surface area contributed by atoms with Gasteiger partial charge < -0.3 is 19.2 Å². The van der Waals surface area contributed by atoms with Crippen molar-refractivity contribution < 1.29 is 13.9 Å². The minimum Gasteiger partial charge on any atom is -0.479 e. The first-order chi connectivity index (χ1) is 14.0. The molecule has 0 spiro atoms. The quantitative estimate of drug-likeness (QED) is 0.717. The fraction of sp³-hybridized carbons (Fsp3) is 0.421. The van der Waals surface area contributed by atoms with Gasteiger partial charge in [-0.05, 0) is 18.9 Å². The van der Waals surface area contributed by atoms with Crippen LogP contribution in [0.5, 0.6) is 5.88 Å². The lowest BCUT2D eigenvalue weighted by Crippen LogP contribution is -2.26. The largest absolute Gasteiger partial charge is 0.479 e. The van der Waals surface area contributed by atoms with E-state index in [1.165, 1.54) is 38.5 Å². The molecule has 3 aromatic heterocycles. The number of nitrogens with zero attached hydrogens (tertiary/aromatic N) is 5. The van der Waals surface area contributed by atoms with Crippen LogP contribution in [0.3, 0.4) is 0 Å². The number of amides is 1. The fourth-order valence-electron chi connectivity index (χ4n) is 3.16. The number of carbonyl (C=O) groups is 1. The van der Waals surface area contributed by atoms with Crippen LogP contribution < -0.4 is 10.3 Å². The number of methoxy groups -OCH3 is 1. The van der Waals surface area contributed by atoms with Gasteiger partial charge >= 0.3 is 0 Å². The van der Waals surface area contributed by atoms with Crippen LogP contribution in [0.25, 0.3) is 22.6 Å². The van der Waals surface area contributed by atoms with Gasteiger partial charge in [-0.3, -0.25) is 9.59 Å². The first-order valence-electron chi connectivity index (χ1n) is 9.34. The molecule has 1 fully saturated rings. The number of rotatable bonds is 3. The van der Waals surface area contributed by atoms with Crippen LogP contribution in [0.1, 0.15) is 26.2 Å². The number of nitrogens with one attached hydrogen (secondary N) is 1. The Morgan fingerprint density at radius 1 is 1.31 bits per heavy atom. The van der Waals surface area contributed by atoms with Gasteiger partial charge in [-0.1, -0.05) is 6.92 Å². The normalized spacial score (nSPS) is 13.3. The molecule has 154 valence electrons. The van der Waals surface area contributed by atoms with Gasteiger partial charge in [-0.15, -0.1) is 0 Å². The van der Waals surface area contributed by atoms with Crippen molar-refractivity contribution in [1.82, 2.24) is 29.4 Å².